The van der Waals surface area contributed by atoms with Gasteiger partial charge >= 0.3 is 0 Å². The van der Waals surface area contributed by atoms with Crippen LogP contribution < -0.4 is 5.32 Å². The Hall–Kier alpha value is -0.800. The number of hydrogen-bond acceptors (Lipinski definition) is 3. The van der Waals surface area contributed by atoms with Gasteiger partial charge in [-0.25, -0.2) is 0 Å². The molecule has 11 heavy (non-hydrogen) atoms. The number of likely N-dealkylation sites (N-methyl/N-ethyl adjacent to an activating group) is 1. The molecular weight excluding hydrogens is 142 g/mol. The Bertz CT molecular complexity index is 180. The zero-order valence-corrected chi connectivity index (χ0v) is 6.58. The third-order valence-corrected chi connectivity index (χ3v) is 1.69. The summed E-state index contributed by atoms with van der Waals surface area (Å²) in [5.41, 5.74) is 1.11. The van der Waals surface area contributed by atoms with Crippen molar-refractivity contribution in [3.63, 3.8) is 0 Å². The summed E-state index contributed by atoms with van der Waals surface area (Å²) < 4.78 is 4.89. The normalized spacial score (nSPS) is 13.3. The lowest BCUT2D eigenvalue weighted by atomic mass is 10.1. The maximum Gasteiger partial charge on any atom is 0.0935 e. The Morgan fingerprint density at radius 3 is 3.00 bits per heavy atom. The van der Waals surface area contributed by atoms with Gasteiger partial charge in [0.1, 0.15) is 0 Å². The highest BCUT2D eigenvalue weighted by Gasteiger charge is 2.05. The monoisotopic (exact) mass is 155 g/mol. The molecule has 62 valence electrons. The molecule has 1 rings (SSSR count). The van der Waals surface area contributed by atoms with E-state index in [0.29, 0.717) is 0 Å². The van der Waals surface area contributed by atoms with Gasteiger partial charge in [-0.2, -0.15) is 0 Å². The molecule has 3 heteroatoms. The van der Waals surface area contributed by atoms with Crippen LogP contribution in [0.1, 0.15) is 5.56 Å². The Kier molecular flexibility index (Phi) is 3.14. The Labute approximate surface area is 66.0 Å². The van der Waals surface area contributed by atoms with Crippen LogP contribution in [-0.4, -0.2) is 24.8 Å². The van der Waals surface area contributed by atoms with E-state index in [2.05, 4.69) is 5.32 Å². The van der Waals surface area contributed by atoms with Crippen LogP contribution >= 0.6 is 0 Å². The maximum atomic E-state index is 8.83. The second-order valence-corrected chi connectivity index (χ2v) is 2.50. The van der Waals surface area contributed by atoms with E-state index in [1.165, 1.54) is 0 Å². The standard InChI is InChI=1S/C8H13NO2/c1-9-8(5-10)4-7-2-3-11-6-7/h2-3,6,8-10H,4-5H2,1H3. The molecule has 1 heterocycles. The second-order valence-electron chi connectivity index (χ2n) is 2.50. The second kappa shape index (κ2) is 4.16. The molecule has 0 fully saturated rings. The molecule has 0 saturated heterocycles. The quantitative estimate of drug-likeness (QED) is 0.661. The van der Waals surface area contributed by atoms with Gasteiger partial charge < -0.3 is 14.8 Å². The molecule has 0 spiro atoms. The molecule has 0 aliphatic rings. The van der Waals surface area contributed by atoms with Gasteiger partial charge in [-0.15, -0.1) is 0 Å². The zero-order valence-electron chi connectivity index (χ0n) is 6.58. The highest BCUT2D eigenvalue weighted by Crippen LogP contribution is 2.03. The van der Waals surface area contributed by atoms with Gasteiger partial charge in [-0.1, -0.05) is 0 Å². The molecule has 1 atom stereocenters. The SMILES string of the molecule is CNC(CO)Cc1ccoc1. The Morgan fingerprint density at radius 1 is 1.73 bits per heavy atom. The third-order valence-electron chi connectivity index (χ3n) is 1.69. The fraction of sp³-hybridized carbons (Fsp3) is 0.500. The van der Waals surface area contributed by atoms with Crippen LogP contribution in [0.25, 0.3) is 0 Å². The minimum Gasteiger partial charge on any atom is -0.472 e. The number of aliphatic hydroxyl groups is 1. The highest BCUT2D eigenvalue weighted by atomic mass is 16.3. The number of rotatable bonds is 4. The van der Waals surface area contributed by atoms with Crippen LogP contribution in [0.4, 0.5) is 0 Å². The Morgan fingerprint density at radius 2 is 2.55 bits per heavy atom. The summed E-state index contributed by atoms with van der Waals surface area (Å²) in [6.45, 7) is 0.154. The van der Waals surface area contributed by atoms with Crippen molar-refractivity contribution in [1.29, 1.82) is 0 Å². The van der Waals surface area contributed by atoms with Crippen molar-refractivity contribution in [3.8, 4) is 0 Å². The average molecular weight is 155 g/mol. The summed E-state index contributed by atoms with van der Waals surface area (Å²) >= 11 is 0. The molecule has 1 unspecified atom stereocenters. The molecule has 0 aromatic carbocycles. The van der Waals surface area contributed by atoms with E-state index in [1.54, 1.807) is 12.5 Å². The van der Waals surface area contributed by atoms with Crippen LogP contribution in [-0.2, 0) is 6.42 Å². The average Bonchev–Trinajstić information content (AvgIpc) is 2.52. The number of furan rings is 1. The molecule has 0 aliphatic heterocycles. The number of nitrogens with one attached hydrogen (secondary N) is 1. The van der Waals surface area contributed by atoms with Crippen LogP contribution in [0.2, 0.25) is 0 Å². The first kappa shape index (κ1) is 8.30. The lowest BCUT2D eigenvalue weighted by Crippen LogP contribution is -2.30. The first-order valence-corrected chi connectivity index (χ1v) is 3.66. The van der Waals surface area contributed by atoms with Crippen molar-refractivity contribution in [2.24, 2.45) is 0 Å². The number of aliphatic hydroxyl groups excluding tert-OH is 1. The summed E-state index contributed by atoms with van der Waals surface area (Å²) in [6.07, 6.45) is 4.14. The molecule has 0 saturated carbocycles. The lowest BCUT2D eigenvalue weighted by Gasteiger charge is -2.10. The van der Waals surface area contributed by atoms with Crippen molar-refractivity contribution in [1.82, 2.24) is 5.32 Å². The van der Waals surface area contributed by atoms with Gasteiger partial charge in [0.05, 0.1) is 19.1 Å². The van der Waals surface area contributed by atoms with Crippen molar-refractivity contribution in [2.75, 3.05) is 13.7 Å². The van der Waals surface area contributed by atoms with E-state index in [9.17, 15) is 0 Å². The molecule has 0 radical (unpaired) electrons. The number of hydrogen-bond donors (Lipinski definition) is 2. The van der Waals surface area contributed by atoms with E-state index in [-0.39, 0.29) is 12.6 Å². The molecule has 1 aromatic rings. The first-order chi connectivity index (χ1) is 5.36. The van der Waals surface area contributed by atoms with Crippen molar-refractivity contribution in [2.45, 2.75) is 12.5 Å². The topological polar surface area (TPSA) is 45.4 Å². The van der Waals surface area contributed by atoms with Crippen LogP contribution in [0.15, 0.2) is 23.0 Å². The van der Waals surface area contributed by atoms with Crippen molar-refractivity contribution in [3.05, 3.63) is 24.2 Å². The van der Waals surface area contributed by atoms with Crippen LogP contribution in [0.3, 0.4) is 0 Å². The summed E-state index contributed by atoms with van der Waals surface area (Å²) in [6, 6.07) is 2.03. The summed E-state index contributed by atoms with van der Waals surface area (Å²) in [5, 5.41) is 11.8. The largest absolute Gasteiger partial charge is 0.472 e. The van der Waals surface area contributed by atoms with Crippen LogP contribution in [0.5, 0.6) is 0 Å². The molecule has 0 amide bonds. The predicted molar refractivity (Wildman–Crippen MR) is 42.3 cm³/mol. The molecule has 1 aromatic heterocycles. The summed E-state index contributed by atoms with van der Waals surface area (Å²) in [4.78, 5) is 0. The van der Waals surface area contributed by atoms with Gasteiger partial charge in [0, 0.05) is 6.04 Å². The molecular formula is C8H13NO2. The smallest absolute Gasteiger partial charge is 0.0935 e. The molecule has 2 N–H and O–H groups in total. The first-order valence-electron chi connectivity index (χ1n) is 3.66. The lowest BCUT2D eigenvalue weighted by molar-refractivity contribution is 0.248. The van der Waals surface area contributed by atoms with Crippen molar-refractivity contribution < 1.29 is 9.52 Å². The molecule has 0 aliphatic carbocycles. The van der Waals surface area contributed by atoms with E-state index in [1.807, 2.05) is 13.1 Å². The Balaban J connectivity index is 2.41. The van der Waals surface area contributed by atoms with Gasteiger partial charge in [-0.3, -0.25) is 0 Å². The molecule has 0 bridgehead atoms. The fourth-order valence-corrected chi connectivity index (χ4v) is 0.951. The van der Waals surface area contributed by atoms with E-state index in [4.69, 9.17) is 9.52 Å². The van der Waals surface area contributed by atoms with E-state index < -0.39 is 0 Å². The fourth-order valence-electron chi connectivity index (χ4n) is 0.951. The minimum atomic E-state index is 0.132. The minimum absolute atomic E-state index is 0.132. The van der Waals surface area contributed by atoms with Gasteiger partial charge in [0.2, 0.25) is 0 Å². The van der Waals surface area contributed by atoms with E-state index >= 15 is 0 Å². The van der Waals surface area contributed by atoms with E-state index in [0.717, 1.165) is 12.0 Å². The van der Waals surface area contributed by atoms with Gasteiger partial charge in [0.15, 0.2) is 0 Å². The predicted octanol–water partition coefficient (Wildman–Crippen LogP) is 0.402. The van der Waals surface area contributed by atoms with Gasteiger partial charge in [0.25, 0.3) is 0 Å². The van der Waals surface area contributed by atoms with Gasteiger partial charge in [-0.05, 0) is 25.1 Å². The summed E-state index contributed by atoms with van der Waals surface area (Å²) in [7, 11) is 1.83. The zero-order chi connectivity index (χ0) is 8.10. The third kappa shape index (κ3) is 2.37. The van der Waals surface area contributed by atoms with Crippen LogP contribution in [0, 0.1) is 0 Å². The maximum absolute atomic E-state index is 8.83. The highest BCUT2D eigenvalue weighted by molar-refractivity contribution is 5.07. The summed E-state index contributed by atoms with van der Waals surface area (Å²) in [5.74, 6) is 0. The van der Waals surface area contributed by atoms with Crippen molar-refractivity contribution >= 4 is 0 Å². The molecule has 3 nitrogen and oxygen atoms in total.